The molecule has 9 nitrogen and oxygen atoms in total. The largest absolute Gasteiger partial charge is 0.492 e. The average Bonchev–Trinajstić information content (AvgIpc) is 2.51. The molecule has 0 aromatic heterocycles. The molecule has 0 heterocycles. The zero-order valence-electron chi connectivity index (χ0n) is 12.8. The minimum absolute atomic E-state index is 0.0546. The first-order chi connectivity index (χ1) is 10.6. The molecule has 0 aliphatic heterocycles. The molecule has 2 N–H and O–H groups in total. The molecule has 0 bridgehead atoms. The van der Waals surface area contributed by atoms with E-state index in [9.17, 15) is 10.1 Å². The van der Waals surface area contributed by atoms with Crippen LogP contribution in [0.1, 0.15) is 5.56 Å². The molecular weight excluding hydrogens is 296 g/mol. The Hall–Kier alpha value is -2.10. The lowest BCUT2D eigenvalue weighted by molar-refractivity contribution is -0.386. The SMILES string of the molecule is COCOc1cc([N+](=O)[O-])c(OCOC)c(CCN)c1OC. The maximum Gasteiger partial charge on any atom is 0.315 e. The molecule has 0 aliphatic carbocycles. The summed E-state index contributed by atoms with van der Waals surface area (Å²) in [7, 11) is 4.29. The second-order valence-electron chi connectivity index (χ2n) is 4.13. The highest BCUT2D eigenvalue weighted by Crippen LogP contribution is 2.44. The van der Waals surface area contributed by atoms with Crippen LogP contribution in [0, 0.1) is 10.1 Å². The van der Waals surface area contributed by atoms with Gasteiger partial charge < -0.3 is 29.4 Å². The van der Waals surface area contributed by atoms with Gasteiger partial charge in [-0.1, -0.05) is 0 Å². The molecule has 0 unspecified atom stereocenters. The molecule has 22 heavy (non-hydrogen) atoms. The van der Waals surface area contributed by atoms with Crippen LogP contribution in [0.2, 0.25) is 0 Å². The highest BCUT2D eigenvalue weighted by Gasteiger charge is 2.27. The molecule has 1 rings (SSSR count). The number of nitrogens with zero attached hydrogens (tertiary/aromatic N) is 1. The summed E-state index contributed by atoms with van der Waals surface area (Å²) in [4.78, 5) is 10.7. The molecule has 0 radical (unpaired) electrons. The van der Waals surface area contributed by atoms with E-state index in [-0.39, 0.29) is 37.3 Å². The van der Waals surface area contributed by atoms with Crippen molar-refractivity contribution >= 4 is 5.69 Å². The van der Waals surface area contributed by atoms with Crippen LogP contribution in [0.3, 0.4) is 0 Å². The Balaban J connectivity index is 3.46. The minimum atomic E-state index is -0.565. The third-order valence-corrected chi connectivity index (χ3v) is 2.72. The van der Waals surface area contributed by atoms with Crippen LogP contribution >= 0.6 is 0 Å². The molecule has 0 fully saturated rings. The normalized spacial score (nSPS) is 10.4. The van der Waals surface area contributed by atoms with E-state index in [1.807, 2.05) is 0 Å². The lowest BCUT2D eigenvalue weighted by atomic mass is 10.1. The van der Waals surface area contributed by atoms with E-state index >= 15 is 0 Å². The quantitative estimate of drug-likeness (QED) is 0.387. The van der Waals surface area contributed by atoms with E-state index in [0.29, 0.717) is 17.7 Å². The summed E-state index contributed by atoms with van der Waals surface area (Å²) in [5.74, 6) is 0.558. The highest BCUT2D eigenvalue weighted by atomic mass is 16.7. The molecular formula is C13H20N2O7. The van der Waals surface area contributed by atoms with Crippen LogP contribution in [0.25, 0.3) is 0 Å². The van der Waals surface area contributed by atoms with Gasteiger partial charge in [-0.25, -0.2) is 0 Å². The number of ether oxygens (including phenoxy) is 5. The topological polar surface area (TPSA) is 115 Å². The number of nitrogens with two attached hydrogens (primary N) is 1. The van der Waals surface area contributed by atoms with Crippen LogP contribution in [0.5, 0.6) is 17.2 Å². The summed E-state index contributed by atoms with van der Waals surface area (Å²) >= 11 is 0. The van der Waals surface area contributed by atoms with Crippen molar-refractivity contribution in [1.29, 1.82) is 0 Å². The van der Waals surface area contributed by atoms with Crippen molar-refractivity contribution in [2.24, 2.45) is 5.73 Å². The Kier molecular flexibility index (Phi) is 7.37. The van der Waals surface area contributed by atoms with Crippen molar-refractivity contribution in [1.82, 2.24) is 0 Å². The fraction of sp³-hybridized carbons (Fsp3) is 0.538. The van der Waals surface area contributed by atoms with Crippen molar-refractivity contribution in [3.63, 3.8) is 0 Å². The molecule has 0 spiro atoms. The smallest absolute Gasteiger partial charge is 0.315 e. The summed E-state index contributed by atoms with van der Waals surface area (Å²) < 4.78 is 25.6. The van der Waals surface area contributed by atoms with E-state index in [0.717, 1.165) is 0 Å². The number of hydrogen-bond acceptors (Lipinski definition) is 8. The Morgan fingerprint density at radius 1 is 1.14 bits per heavy atom. The van der Waals surface area contributed by atoms with Gasteiger partial charge in [0.15, 0.2) is 25.1 Å². The number of nitro groups is 1. The first-order valence-corrected chi connectivity index (χ1v) is 6.42. The Labute approximate surface area is 128 Å². The van der Waals surface area contributed by atoms with Gasteiger partial charge in [-0.2, -0.15) is 0 Å². The number of methoxy groups -OCH3 is 3. The van der Waals surface area contributed by atoms with Crippen molar-refractivity contribution in [2.75, 3.05) is 41.5 Å². The van der Waals surface area contributed by atoms with Crippen molar-refractivity contribution < 1.29 is 28.6 Å². The summed E-state index contributed by atoms with van der Waals surface area (Å²) in [6, 6.07) is 1.23. The Morgan fingerprint density at radius 2 is 1.77 bits per heavy atom. The van der Waals surface area contributed by atoms with E-state index < -0.39 is 4.92 Å². The summed E-state index contributed by atoms with van der Waals surface area (Å²) in [6.45, 7) is 0.0400. The standard InChI is InChI=1S/C13H20N2O7/c1-18-7-21-11-6-10(15(16)17)12(22-8-19-2)9(4-5-14)13(11)20-3/h6H,4-5,7-8,14H2,1-3H3. The van der Waals surface area contributed by atoms with Crippen LogP contribution in [0.15, 0.2) is 6.07 Å². The van der Waals surface area contributed by atoms with Crippen LogP contribution < -0.4 is 19.9 Å². The van der Waals surface area contributed by atoms with Gasteiger partial charge in [0.25, 0.3) is 0 Å². The van der Waals surface area contributed by atoms with Crippen LogP contribution in [0.4, 0.5) is 5.69 Å². The number of rotatable bonds is 10. The van der Waals surface area contributed by atoms with Crippen LogP contribution in [-0.2, 0) is 15.9 Å². The molecule has 1 aromatic rings. The predicted octanol–water partition coefficient (Wildman–Crippen LogP) is 1.07. The minimum Gasteiger partial charge on any atom is -0.492 e. The molecule has 0 saturated heterocycles. The maximum absolute atomic E-state index is 11.3. The summed E-state index contributed by atoms with van der Waals surface area (Å²) in [6.07, 6.45) is 0.313. The molecule has 0 atom stereocenters. The van der Waals surface area contributed by atoms with Crippen molar-refractivity contribution in [3.05, 3.63) is 21.7 Å². The number of hydrogen-bond donors (Lipinski definition) is 1. The maximum atomic E-state index is 11.3. The highest BCUT2D eigenvalue weighted by molar-refractivity contribution is 5.64. The summed E-state index contributed by atoms with van der Waals surface area (Å²) in [5.41, 5.74) is 5.77. The molecule has 1 aromatic carbocycles. The van der Waals surface area contributed by atoms with Gasteiger partial charge in [-0.3, -0.25) is 10.1 Å². The third kappa shape index (κ3) is 4.20. The fourth-order valence-electron chi connectivity index (χ4n) is 1.90. The molecule has 0 aliphatic rings. The summed E-state index contributed by atoms with van der Waals surface area (Å²) in [5, 5.41) is 11.3. The molecule has 9 heteroatoms. The van der Waals surface area contributed by atoms with E-state index in [1.165, 1.54) is 27.4 Å². The predicted molar refractivity (Wildman–Crippen MR) is 77.4 cm³/mol. The molecule has 0 amide bonds. The average molecular weight is 316 g/mol. The molecule has 0 saturated carbocycles. The molecule has 124 valence electrons. The van der Waals surface area contributed by atoms with E-state index in [2.05, 4.69) is 0 Å². The monoisotopic (exact) mass is 316 g/mol. The Bertz CT molecular complexity index is 508. The van der Waals surface area contributed by atoms with Crippen molar-refractivity contribution in [2.45, 2.75) is 6.42 Å². The van der Waals surface area contributed by atoms with Crippen LogP contribution in [-0.4, -0.2) is 46.4 Å². The van der Waals surface area contributed by atoms with E-state index in [1.54, 1.807) is 0 Å². The lowest BCUT2D eigenvalue weighted by Gasteiger charge is -2.17. The Morgan fingerprint density at radius 3 is 2.27 bits per heavy atom. The first kappa shape index (κ1) is 18.0. The zero-order valence-corrected chi connectivity index (χ0v) is 12.8. The first-order valence-electron chi connectivity index (χ1n) is 6.42. The third-order valence-electron chi connectivity index (χ3n) is 2.72. The van der Waals surface area contributed by atoms with Gasteiger partial charge in [-0.15, -0.1) is 0 Å². The van der Waals surface area contributed by atoms with Gasteiger partial charge in [0.1, 0.15) is 0 Å². The van der Waals surface area contributed by atoms with Crippen molar-refractivity contribution in [3.8, 4) is 17.2 Å². The van der Waals surface area contributed by atoms with Gasteiger partial charge in [0.2, 0.25) is 5.75 Å². The van der Waals surface area contributed by atoms with Gasteiger partial charge in [0.05, 0.1) is 18.1 Å². The lowest BCUT2D eigenvalue weighted by Crippen LogP contribution is -2.12. The zero-order chi connectivity index (χ0) is 16.5. The second-order valence-corrected chi connectivity index (χ2v) is 4.13. The second kappa shape index (κ2) is 9.03. The van der Waals surface area contributed by atoms with E-state index in [4.69, 9.17) is 29.4 Å². The van der Waals surface area contributed by atoms with Gasteiger partial charge in [0, 0.05) is 19.8 Å². The fourth-order valence-corrected chi connectivity index (χ4v) is 1.90. The number of benzene rings is 1. The number of nitro benzene ring substituents is 1. The van der Waals surface area contributed by atoms with Gasteiger partial charge >= 0.3 is 5.69 Å². The van der Waals surface area contributed by atoms with Gasteiger partial charge in [-0.05, 0) is 13.0 Å².